The number of esters is 1. The molecule has 2 N–H and O–H groups in total. The summed E-state index contributed by atoms with van der Waals surface area (Å²) in [7, 11) is 1.31. The molecule has 0 aliphatic carbocycles. The van der Waals surface area contributed by atoms with E-state index in [0.717, 1.165) is 0 Å². The first-order valence-corrected chi connectivity index (χ1v) is 3.77. The predicted octanol–water partition coefficient (Wildman–Crippen LogP) is 1.24. The maximum Gasteiger partial charge on any atom is 0.343 e. The Morgan fingerprint density at radius 1 is 1.36 bits per heavy atom. The first-order valence-electron chi connectivity index (χ1n) is 3.77. The molecule has 0 atom stereocenters. The van der Waals surface area contributed by atoms with E-state index >= 15 is 0 Å². The third-order valence-corrected chi connectivity index (χ3v) is 1.46. The summed E-state index contributed by atoms with van der Waals surface area (Å²) in [5.74, 6) is 0.191. The van der Waals surface area contributed by atoms with Crippen LogP contribution >= 0.6 is 12.4 Å². The fourth-order valence-corrected chi connectivity index (χ4v) is 0.765. The highest BCUT2D eigenvalue weighted by molar-refractivity contribution is 5.85. The van der Waals surface area contributed by atoms with Crippen LogP contribution in [0.25, 0.3) is 0 Å². The SMILES string of the molecule is COC(=O)COc1ccc(N)cc1.Cl. The monoisotopic (exact) mass is 217 g/mol. The second-order valence-electron chi connectivity index (χ2n) is 2.43. The van der Waals surface area contributed by atoms with Crippen molar-refractivity contribution in [2.24, 2.45) is 0 Å². The van der Waals surface area contributed by atoms with Gasteiger partial charge in [-0.1, -0.05) is 0 Å². The summed E-state index contributed by atoms with van der Waals surface area (Å²) in [5, 5.41) is 0. The molecule has 0 spiro atoms. The molecule has 0 bridgehead atoms. The van der Waals surface area contributed by atoms with E-state index in [0.29, 0.717) is 11.4 Å². The van der Waals surface area contributed by atoms with E-state index in [1.165, 1.54) is 7.11 Å². The van der Waals surface area contributed by atoms with Gasteiger partial charge in [-0.3, -0.25) is 0 Å². The van der Waals surface area contributed by atoms with Crippen LogP contribution in [-0.2, 0) is 9.53 Å². The minimum Gasteiger partial charge on any atom is -0.482 e. The van der Waals surface area contributed by atoms with E-state index in [1.807, 2.05) is 0 Å². The number of rotatable bonds is 3. The Labute approximate surface area is 88.4 Å². The minimum atomic E-state index is -0.406. The molecular weight excluding hydrogens is 206 g/mol. The van der Waals surface area contributed by atoms with Crippen molar-refractivity contribution in [3.8, 4) is 5.75 Å². The highest BCUT2D eigenvalue weighted by Crippen LogP contribution is 2.12. The molecule has 0 unspecified atom stereocenters. The lowest BCUT2D eigenvalue weighted by atomic mass is 10.3. The Kier molecular flexibility index (Phi) is 5.48. The molecule has 0 saturated carbocycles. The van der Waals surface area contributed by atoms with Crippen molar-refractivity contribution in [2.75, 3.05) is 19.5 Å². The first kappa shape index (κ1) is 12.6. The molecule has 14 heavy (non-hydrogen) atoms. The van der Waals surface area contributed by atoms with Crippen LogP contribution in [0.2, 0.25) is 0 Å². The zero-order chi connectivity index (χ0) is 9.68. The molecule has 1 aromatic rings. The lowest BCUT2D eigenvalue weighted by Crippen LogP contribution is -2.12. The van der Waals surface area contributed by atoms with Crippen LogP contribution in [0.15, 0.2) is 24.3 Å². The molecule has 0 aliphatic rings. The lowest BCUT2D eigenvalue weighted by Gasteiger charge is -2.03. The molecular formula is C9H12ClNO3. The van der Waals surface area contributed by atoms with E-state index in [2.05, 4.69) is 4.74 Å². The zero-order valence-corrected chi connectivity index (χ0v) is 8.54. The maximum atomic E-state index is 10.7. The number of carbonyl (C=O) groups excluding carboxylic acids is 1. The van der Waals surface area contributed by atoms with Crippen LogP contribution in [0.3, 0.4) is 0 Å². The number of methoxy groups -OCH3 is 1. The van der Waals surface area contributed by atoms with Gasteiger partial charge < -0.3 is 15.2 Å². The summed E-state index contributed by atoms with van der Waals surface area (Å²) in [6, 6.07) is 6.79. The number of nitrogen functional groups attached to an aromatic ring is 1. The van der Waals surface area contributed by atoms with Gasteiger partial charge in [-0.2, -0.15) is 0 Å². The van der Waals surface area contributed by atoms with E-state index < -0.39 is 5.97 Å². The molecule has 0 aliphatic heterocycles. The van der Waals surface area contributed by atoms with E-state index in [9.17, 15) is 4.79 Å². The fraction of sp³-hybridized carbons (Fsp3) is 0.222. The maximum absolute atomic E-state index is 10.7. The number of anilines is 1. The van der Waals surface area contributed by atoms with Crippen LogP contribution < -0.4 is 10.5 Å². The third-order valence-electron chi connectivity index (χ3n) is 1.46. The van der Waals surface area contributed by atoms with Crippen LogP contribution in [0.5, 0.6) is 5.75 Å². The Morgan fingerprint density at radius 3 is 2.43 bits per heavy atom. The van der Waals surface area contributed by atoms with Crippen LogP contribution in [0, 0.1) is 0 Å². The molecule has 0 amide bonds. The normalized spacial score (nSPS) is 8.64. The second-order valence-corrected chi connectivity index (χ2v) is 2.43. The van der Waals surface area contributed by atoms with Gasteiger partial charge in [-0.05, 0) is 24.3 Å². The van der Waals surface area contributed by atoms with Crippen molar-refractivity contribution in [3.05, 3.63) is 24.3 Å². The molecule has 0 radical (unpaired) electrons. The zero-order valence-electron chi connectivity index (χ0n) is 7.73. The predicted molar refractivity (Wildman–Crippen MR) is 55.6 cm³/mol. The van der Waals surface area contributed by atoms with E-state index in [4.69, 9.17) is 10.5 Å². The molecule has 0 heterocycles. The molecule has 1 aromatic carbocycles. The highest BCUT2D eigenvalue weighted by atomic mass is 35.5. The summed E-state index contributed by atoms with van der Waals surface area (Å²) >= 11 is 0. The smallest absolute Gasteiger partial charge is 0.343 e. The Morgan fingerprint density at radius 2 is 1.93 bits per heavy atom. The van der Waals surface area contributed by atoms with E-state index in [-0.39, 0.29) is 19.0 Å². The Hall–Kier alpha value is -1.42. The van der Waals surface area contributed by atoms with Gasteiger partial charge >= 0.3 is 5.97 Å². The van der Waals surface area contributed by atoms with Crippen molar-refractivity contribution in [2.45, 2.75) is 0 Å². The molecule has 5 heteroatoms. The summed E-state index contributed by atoms with van der Waals surface area (Å²) < 4.78 is 9.49. The Bertz CT molecular complexity index is 287. The van der Waals surface area contributed by atoms with Crippen LogP contribution in [0.4, 0.5) is 5.69 Å². The average Bonchev–Trinajstić information content (AvgIpc) is 2.16. The third kappa shape index (κ3) is 4.00. The molecule has 78 valence electrons. The topological polar surface area (TPSA) is 61.5 Å². The van der Waals surface area contributed by atoms with Gasteiger partial charge in [-0.25, -0.2) is 4.79 Å². The Balaban J connectivity index is 0.00000169. The van der Waals surface area contributed by atoms with Crippen molar-refractivity contribution >= 4 is 24.1 Å². The van der Waals surface area contributed by atoms with E-state index in [1.54, 1.807) is 24.3 Å². The first-order chi connectivity index (χ1) is 6.22. The second kappa shape index (κ2) is 6.10. The number of nitrogens with two attached hydrogens (primary N) is 1. The van der Waals surface area contributed by atoms with Crippen molar-refractivity contribution < 1.29 is 14.3 Å². The molecule has 4 nitrogen and oxygen atoms in total. The number of benzene rings is 1. The van der Waals surface area contributed by atoms with Gasteiger partial charge in [0.05, 0.1) is 7.11 Å². The number of carbonyl (C=O) groups is 1. The number of hydrogen-bond donors (Lipinski definition) is 1. The fourth-order valence-electron chi connectivity index (χ4n) is 0.765. The van der Waals surface area contributed by atoms with Gasteiger partial charge in [-0.15, -0.1) is 12.4 Å². The molecule has 1 rings (SSSR count). The summed E-state index contributed by atoms with van der Waals surface area (Å²) in [4.78, 5) is 10.7. The minimum absolute atomic E-state index is 0. The summed E-state index contributed by atoms with van der Waals surface area (Å²) in [6.45, 7) is -0.0829. The molecule has 0 fully saturated rings. The largest absolute Gasteiger partial charge is 0.482 e. The van der Waals surface area contributed by atoms with Crippen molar-refractivity contribution in [1.29, 1.82) is 0 Å². The number of halogens is 1. The number of ether oxygens (including phenoxy) is 2. The van der Waals surface area contributed by atoms with Crippen molar-refractivity contribution in [3.63, 3.8) is 0 Å². The van der Waals surface area contributed by atoms with Crippen molar-refractivity contribution in [1.82, 2.24) is 0 Å². The van der Waals surface area contributed by atoms with Crippen LogP contribution in [-0.4, -0.2) is 19.7 Å². The lowest BCUT2D eigenvalue weighted by molar-refractivity contribution is -0.142. The number of hydrogen-bond acceptors (Lipinski definition) is 4. The van der Waals surface area contributed by atoms with Crippen LogP contribution in [0.1, 0.15) is 0 Å². The summed E-state index contributed by atoms with van der Waals surface area (Å²) in [6.07, 6.45) is 0. The molecule has 0 saturated heterocycles. The standard InChI is InChI=1S/C9H11NO3.ClH/c1-12-9(11)6-13-8-4-2-7(10)3-5-8;/h2-5H,6,10H2,1H3;1H. The van der Waals surface area contributed by atoms with Gasteiger partial charge in [0.25, 0.3) is 0 Å². The van der Waals surface area contributed by atoms with Gasteiger partial charge in [0, 0.05) is 5.69 Å². The van der Waals surface area contributed by atoms with Gasteiger partial charge in [0.1, 0.15) is 5.75 Å². The highest BCUT2D eigenvalue weighted by Gasteiger charge is 2.00. The van der Waals surface area contributed by atoms with Gasteiger partial charge in [0.15, 0.2) is 6.61 Å². The quantitative estimate of drug-likeness (QED) is 0.611. The van der Waals surface area contributed by atoms with Gasteiger partial charge in [0.2, 0.25) is 0 Å². The molecule has 0 aromatic heterocycles. The summed E-state index contributed by atoms with van der Waals surface area (Å²) in [5.41, 5.74) is 6.12. The average molecular weight is 218 g/mol.